The van der Waals surface area contributed by atoms with E-state index >= 15 is 0 Å². The van der Waals surface area contributed by atoms with Crippen LogP contribution in [0.1, 0.15) is 60.3 Å². The van der Waals surface area contributed by atoms with Gasteiger partial charge in [-0.15, -0.1) is 0 Å². The molecule has 6 nitrogen and oxygen atoms in total. The Morgan fingerprint density at radius 2 is 1.65 bits per heavy atom. The number of ether oxygens (including phenoxy) is 1. The average Bonchev–Trinajstić information content (AvgIpc) is 2.58. The normalized spacial score (nSPS) is 28.3. The van der Waals surface area contributed by atoms with E-state index in [2.05, 4.69) is 37.5 Å². The Morgan fingerprint density at radius 1 is 1.12 bits per heavy atom. The highest BCUT2D eigenvalue weighted by atomic mass is 16.5. The first kappa shape index (κ1) is 21.0. The van der Waals surface area contributed by atoms with Gasteiger partial charge in [0.05, 0.1) is 7.11 Å². The Kier molecular flexibility index (Phi) is 7.33. The minimum Gasteiger partial charge on any atom is -0.453 e. The summed E-state index contributed by atoms with van der Waals surface area (Å²) in [6, 6.07) is 1.28. The topological polar surface area (TPSA) is 53.1 Å². The SMILES string of the molecule is COC(=O)N1C(C)CC(N2CCC(N(CC(C)C)C(C)=O)CC2)CC1C. The molecule has 0 aliphatic carbocycles. The molecule has 2 heterocycles. The maximum atomic E-state index is 12.0. The van der Waals surface area contributed by atoms with Gasteiger partial charge in [0.15, 0.2) is 0 Å². The van der Waals surface area contributed by atoms with E-state index in [4.69, 9.17) is 4.74 Å². The van der Waals surface area contributed by atoms with Crippen molar-refractivity contribution in [3.05, 3.63) is 0 Å². The molecule has 0 bridgehead atoms. The van der Waals surface area contributed by atoms with Crippen molar-refractivity contribution in [2.24, 2.45) is 5.92 Å². The van der Waals surface area contributed by atoms with Crippen LogP contribution in [0.4, 0.5) is 4.79 Å². The van der Waals surface area contributed by atoms with Crippen LogP contribution in [0.3, 0.4) is 0 Å². The molecule has 0 N–H and O–H groups in total. The fourth-order valence-corrected chi connectivity index (χ4v) is 4.80. The maximum absolute atomic E-state index is 12.0. The van der Waals surface area contributed by atoms with E-state index in [1.54, 1.807) is 6.92 Å². The molecule has 0 aromatic rings. The van der Waals surface area contributed by atoms with E-state index in [0.29, 0.717) is 18.0 Å². The van der Waals surface area contributed by atoms with Crippen molar-refractivity contribution >= 4 is 12.0 Å². The van der Waals surface area contributed by atoms with Crippen LogP contribution >= 0.6 is 0 Å². The van der Waals surface area contributed by atoms with Gasteiger partial charge in [0, 0.05) is 50.7 Å². The second-order valence-corrected chi connectivity index (χ2v) is 8.53. The van der Waals surface area contributed by atoms with Crippen molar-refractivity contribution in [1.29, 1.82) is 0 Å². The van der Waals surface area contributed by atoms with Gasteiger partial charge in [0.25, 0.3) is 0 Å². The zero-order valence-corrected chi connectivity index (χ0v) is 17.4. The van der Waals surface area contributed by atoms with Crippen LogP contribution in [0.15, 0.2) is 0 Å². The Labute approximate surface area is 158 Å². The van der Waals surface area contributed by atoms with Crippen molar-refractivity contribution in [2.75, 3.05) is 26.7 Å². The molecule has 2 fully saturated rings. The van der Waals surface area contributed by atoms with Crippen LogP contribution in [-0.2, 0) is 9.53 Å². The molecule has 0 aromatic heterocycles. The molecule has 26 heavy (non-hydrogen) atoms. The molecule has 2 amide bonds. The van der Waals surface area contributed by atoms with Gasteiger partial charge >= 0.3 is 6.09 Å². The molecule has 2 atom stereocenters. The van der Waals surface area contributed by atoms with Crippen molar-refractivity contribution < 1.29 is 14.3 Å². The van der Waals surface area contributed by atoms with Gasteiger partial charge in [-0.2, -0.15) is 0 Å². The van der Waals surface area contributed by atoms with E-state index in [0.717, 1.165) is 45.3 Å². The van der Waals surface area contributed by atoms with Gasteiger partial charge in [0.2, 0.25) is 5.91 Å². The third kappa shape index (κ3) is 4.90. The number of amides is 2. The van der Waals surface area contributed by atoms with Crippen LogP contribution < -0.4 is 0 Å². The van der Waals surface area contributed by atoms with Gasteiger partial charge in [-0.1, -0.05) is 13.8 Å². The number of likely N-dealkylation sites (tertiary alicyclic amines) is 2. The summed E-state index contributed by atoms with van der Waals surface area (Å²) in [5.41, 5.74) is 0. The van der Waals surface area contributed by atoms with E-state index in [1.165, 1.54) is 7.11 Å². The number of hydrogen-bond donors (Lipinski definition) is 0. The number of rotatable bonds is 4. The number of methoxy groups -OCH3 is 1. The number of hydrogen-bond acceptors (Lipinski definition) is 4. The van der Waals surface area contributed by atoms with Crippen LogP contribution in [0.5, 0.6) is 0 Å². The fourth-order valence-electron chi connectivity index (χ4n) is 4.80. The number of carbonyl (C=O) groups is 2. The summed E-state index contributed by atoms with van der Waals surface area (Å²) in [6.07, 6.45) is 3.87. The lowest BCUT2D eigenvalue weighted by molar-refractivity contribution is -0.133. The van der Waals surface area contributed by atoms with Crippen molar-refractivity contribution in [3.8, 4) is 0 Å². The molecule has 2 aliphatic rings. The lowest BCUT2D eigenvalue weighted by Gasteiger charge is -2.48. The Balaban J connectivity index is 1.92. The fraction of sp³-hybridized carbons (Fsp3) is 0.900. The summed E-state index contributed by atoms with van der Waals surface area (Å²) >= 11 is 0. The molecule has 0 aromatic carbocycles. The largest absolute Gasteiger partial charge is 0.453 e. The summed E-state index contributed by atoms with van der Waals surface area (Å²) in [5.74, 6) is 0.701. The summed E-state index contributed by atoms with van der Waals surface area (Å²) in [5, 5.41) is 0. The monoisotopic (exact) mass is 367 g/mol. The third-order valence-electron chi connectivity index (χ3n) is 5.98. The van der Waals surface area contributed by atoms with Crippen LogP contribution in [0.25, 0.3) is 0 Å². The summed E-state index contributed by atoms with van der Waals surface area (Å²) in [7, 11) is 1.45. The quantitative estimate of drug-likeness (QED) is 0.767. The van der Waals surface area contributed by atoms with Crippen molar-refractivity contribution in [2.45, 2.75) is 84.5 Å². The Hall–Kier alpha value is -1.30. The van der Waals surface area contributed by atoms with Crippen LogP contribution in [0.2, 0.25) is 0 Å². The molecule has 0 radical (unpaired) electrons. The van der Waals surface area contributed by atoms with E-state index < -0.39 is 0 Å². The van der Waals surface area contributed by atoms with Gasteiger partial charge in [-0.25, -0.2) is 4.79 Å². The summed E-state index contributed by atoms with van der Waals surface area (Å²) in [6.45, 7) is 13.2. The van der Waals surface area contributed by atoms with Crippen molar-refractivity contribution in [3.63, 3.8) is 0 Å². The third-order valence-corrected chi connectivity index (χ3v) is 5.98. The van der Waals surface area contributed by atoms with Crippen molar-refractivity contribution in [1.82, 2.24) is 14.7 Å². The van der Waals surface area contributed by atoms with Gasteiger partial charge in [-0.3, -0.25) is 4.79 Å². The van der Waals surface area contributed by atoms with Gasteiger partial charge in [0.1, 0.15) is 0 Å². The highest BCUT2D eigenvalue weighted by molar-refractivity contribution is 5.73. The Morgan fingerprint density at radius 3 is 2.08 bits per heavy atom. The number of piperidine rings is 2. The predicted molar refractivity (Wildman–Crippen MR) is 103 cm³/mol. The molecular weight excluding hydrogens is 330 g/mol. The summed E-state index contributed by atoms with van der Waals surface area (Å²) < 4.78 is 4.94. The van der Waals surface area contributed by atoms with Crippen LogP contribution in [-0.4, -0.2) is 77.6 Å². The summed E-state index contributed by atoms with van der Waals surface area (Å²) in [4.78, 5) is 30.6. The van der Waals surface area contributed by atoms with Gasteiger partial charge in [-0.05, 0) is 45.4 Å². The smallest absolute Gasteiger partial charge is 0.409 e. The number of carbonyl (C=O) groups excluding carboxylic acids is 2. The van der Waals surface area contributed by atoms with Gasteiger partial charge < -0.3 is 19.4 Å². The zero-order valence-electron chi connectivity index (χ0n) is 17.4. The minimum absolute atomic E-state index is 0.198. The molecule has 2 rings (SSSR count). The minimum atomic E-state index is -0.215. The molecule has 0 spiro atoms. The standard InChI is InChI=1S/C20H37N3O3/c1-14(2)13-22(17(5)24)18-7-9-21(10-8-18)19-11-15(3)23(16(4)12-19)20(25)26-6/h14-16,18-19H,7-13H2,1-6H3. The number of nitrogens with zero attached hydrogens (tertiary/aromatic N) is 3. The van der Waals surface area contributed by atoms with Crippen LogP contribution in [0, 0.1) is 5.92 Å². The predicted octanol–water partition coefficient (Wildman–Crippen LogP) is 2.96. The van der Waals surface area contributed by atoms with E-state index in [-0.39, 0.29) is 24.1 Å². The molecule has 0 saturated carbocycles. The highest BCUT2D eigenvalue weighted by Crippen LogP contribution is 2.30. The molecule has 150 valence electrons. The molecular formula is C20H37N3O3. The first-order valence-corrected chi connectivity index (χ1v) is 10.1. The lowest BCUT2D eigenvalue weighted by atomic mass is 9.90. The first-order chi connectivity index (χ1) is 12.2. The zero-order chi connectivity index (χ0) is 19.4. The molecule has 2 saturated heterocycles. The second-order valence-electron chi connectivity index (χ2n) is 8.53. The average molecular weight is 368 g/mol. The lowest BCUT2D eigenvalue weighted by Crippen LogP contribution is -2.57. The molecule has 2 aliphatic heterocycles. The molecule has 2 unspecified atom stereocenters. The van der Waals surface area contributed by atoms with E-state index in [9.17, 15) is 9.59 Å². The molecule has 6 heteroatoms. The van der Waals surface area contributed by atoms with E-state index in [1.807, 2.05) is 4.90 Å². The first-order valence-electron chi connectivity index (χ1n) is 10.1. The maximum Gasteiger partial charge on any atom is 0.409 e. The highest BCUT2D eigenvalue weighted by Gasteiger charge is 2.38. The Bertz CT molecular complexity index is 477. The second kappa shape index (κ2) is 9.07.